The monoisotopic (exact) mass is 350 g/mol. The minimum Gasteiger partial charge on any atom is -1.00 e. The third kappa shape index (κ3) is 3.23. The number of rotatable bonds is 4. The van der Waals surface area contributed by atoms with Gasteiger partial charge in [0.05, 0.1) is 10.2 Å². The lowest BCUT2D eigenvalue weighted by molar-refractivity contribution is -0.698. The van der Waals surface area contributed by atoms with E-state index in [1.807, 2.05) is 12.1 Å². The third-order valence-corrected chi connectivity index (χ3v) is 4.07. The van der Waals surface area contributed by atoms with E-state index in [9.17, 15) is 0 Å². The SMILES string of the molecule is COCC[n+]1ccc(-c2nc3ccccc3s2)cc1.[Br-]. The predicted octanol–water partition coefficient (Wildman–Crippen LogP) is -0.0988. The number of halogens is 1. The Labute approximate surface area is 132 Å². The molecular weight excluding hydrogens is 336 g/mol. The second-order valence-corrected chi connectivity index (χ2v) is 5.33. The van der Waals surface area contributed by atoms with Crippen LogP contribution in [-0.4, -0.2) is 18.7 Å². The first-order chi connectivity index (χ1) is 9.36. The van der Waals surface area contributed by atoms with Gasteiger partial charge in [-0.25, -0.2) is 9.55 Å². The fourth-order valence-electron chi connectivity index (χ4n) is 1.94. The van der Waals surface area contributed by atoms with Crippen LogP contribution in [0.15, 0.2) is 48.8 Å². The van der Waals surface area contributed by atoms with Crippen LogP contribution in [0.3, 0.4) is 0 Å². The number of methoxy groups -OCH3 is 1. The highest BCUT2D eigenvalue weighted by atomic mass is 79.9. The van der Waals surface area contributed by atoms with Crippen molar-refractivity contribution in [3.63, 3.8) is 0 Å². The van der Waals surface area contributed by atoms with Gasteiger partial charge < -0.3 is 21.7 Å². The van der Waals surface area contributed by atoms with Crippen LogP contribution >= 0.6 is 11.3 Å². The molecule has 2 aromatic heterocycles. The number of fused-ring (bicyclic) bond motifs is 1. The molecule has 3 aromatic rings. The summed E-state index contributed by atoms with van der Waals surface area (Å²) in [5, 5.41) is 1.07. The first-order valence-corrected chi connectivity index (χ1v) is 7.02. The molecule has 0 saturated heterocycles. The number of pyridine rings is 1. The van der Waals surface area contributed by atoms with Crippen molar-refractivity contribution < 1.29 is 26.3 Å². The molecule has 5 heteroatoms. The molecule has 0 bridgehead atoms. The second-order valence-electron chi connectivity index (χ2n) is 4.30. The lowest BCUT2D eigenvalue weighted by Gasteiger charge is -1.97. The van der Waals surface area contributed by atoms with Crippen LogP contribution in [0.25, 0.3) is 20.8 Å². The van der Waals surface area contributed by atoms with Crippen molar-refractivity contribution in [3.05, 3.63) is 48.8 Å². The van der Waals surface area contributed by atoms with Gasteiger partial charge in [-0.3, -0.25) is 0 Å². The zero-order valence-corrected chi connectivity index (χ0v) is 13.5. The summed E-state index contributed by atoms with van der Waals surface area (Å²) in [5.74, 6) is 0. The average Bonchev–Trinajstić information content (AvgIpc) is 2.89. The van der Waals surface area contributed by atoms with Crippen molar-refractivity contribution in [2.45, 2.75) is 6.54 Å². The summed E-state index contributed by atoms with van der Waals surface area (Å²) >= 11 is 1.73. The van der Waals surface area contributed by atoms with E-state index in [1.54, 1.807) is 18.4 Å². The lowest BCUT2D eigenvalue weighted by atomic mass is 10.3. The van der Waals surface area contributed by atoms with Crippen LogP contribution in [0.5, 0.6) is 0 Å². The quantitative estimate of drug-likeness (QED) is 0.614. The molecule has 0 fully saturated rings. The highest BCUT2D eigenvalue weighted by molar-refractivity contribution is 7.21. The zero-order chi connectivity index (χ0) is 13.1. The van der Waals surface area contributed by atoms with Crippen molar-refractivity contribution in [1.82, 2.24) is 4.98 Å². The Morgan fingerprint density at radius 1 is 1.15 bits per heavy atom. The van der Waals surface area contributed by atoms with E-state index in [2.05, 4.69) is 46.2 Å². The fraction of sp³-hybridized carbons (Fsp3) is 0.200. The molecule has 3 rings (SSSR count). The van der Waals surface area contributed by atoms with E-state index in [0.717, 1.165) is 29.2 Å². The van der Waals surface area contributed by atoms with Crippen LogP contribution in [-0.2, 0) is 11.3 Å². The molecule has 0 aliphatic heterocycles. The highest BCUT2D eigenvalue weighted by Crippen LogP contribution is 2.29. The second kappa shape index (κ2) is 6.92. The number of ether oxygens (including phenoxy) is 1. The normalized spacial score (nSPS) is 10.4. The maximum Gasteiger partial charge on any atom is 0.171 e. The topological polar surface area (TPSA) is 26.0 Å². The van der Waals surface area contributed by atoms with Crippen LogP contribution in [0, 0.1) is 0 Å². The highest BCUT2D eigenvalue weighted by Gasteiger charge is 2.07. The van der Waals surface area contributed by atoms with Crippen LogP contribution in [0.2, 0.25) is 0 Å². The van der Waals surface area contributed by atoms with E-state index < -0.39 is 0 Å². The molecule has 0 aliphatic carbocycles. The average molecular weight is 351 g/mol. The van der Waals surface area contributed by atoms with E-state index in [0.29, 0.717) is 0 Å². The minimum atomic E-state index is 0. The van der Waals surface area contributed by atoms with Gasteiger partial charge in [0.15, 0.2) is 18.9 Å². The molecule has 2 heterocycles. The molecule has 0 saturated carbocycles. The van der Waals surface area contributed by atoms with Gasteiger partial charge in [0.1, 0.15) is 11.6 Å². The zero-order valence-electron chi connectivity index (χ0n) is 11.1. The minimum absolute atomic E-state index is 0. The molecule has 0 amide bonds. The van der Waals surface area contributed by atoms with Crippen LogP contribution in [0.4, 0.5) is 0 Å². The van der Waals surface area contributed by atoms with Gasteiger partial charge in [0, 0.05) is 24.8 Å². The Balaban J connectivity index is 0.00000147. The Morgan fingerprint density at radius 3 is 2.60 bits per heavy atom. The first-order valence-electron chi connectivity index (χ1n) is 6.21. The molecule has 0 N–H and O–H groups in total. The van der Waals surface area contributed by atoms with Gasteiger partial charge >= 0.3 is 0 Å². The van der Waals surface area contributed by atoms with Crippen molar-refractivity contribution >= 4 is 21.6 Å². The fourth-order valence-corrected chi connectivity index (χ4v) is 2.91. The summed E-state index contributed by atoms with van der Waals surface area (Å²) in [6.45, 7) is 1.60. The van der Waals surface area contributed by atoms with Gasteiger partial charge in [-0.05, 0) is 12.1 Å². The molecule has 1 aromatic carbocycles. The number of nitrogens with zero attached hydrogens (tertiary/aromatic N) is 2. The Kier molecular flexibility index (Phi) is 5.23. The third-order valence-electron chi connectivity index (χ3n) is 2.99. The summed E-state index contributed by atoms with van der Waals surface area (Å²) in [4.78, 5) is 4.66. The number of hydrogen-bond acceptors (Lipinski definition) is 3. The number of hydrogen-bond donors (Lipinski definition) is 0. The predicted molar refractivity (Wildman–Crippen MR) is 77.1 cm³/mol. The molecule has 20 heavy (non-hydrogen) atoms. The van der Waals surface area contributed by atoms with Crippen LogP contribution < -0.4 is 21.5 Å². The van der Waals surface area contributed by atoms with Gasteiger partial charge in [-0.15, -0.1) is 11.3 Å². The van der Waals surface area contributed by atoms with E-state index in [4.69, 9.17) is 4.74 Å². The number of aromatic nitrogens is 2. The lowest BCUT2D eigenvalue weighted by Crippen LogP contribution is -3.00. The number of para-hydroxylation sites is 1. The van der Waals surface area contributed by atoms with Crippen LogP contribution in [0.1, 0.15) is 0 Å². The smallest absolute Gasteiger partial charge is 0.171 e. The molecule has 0 spiro atoms. The molecule has 104 valence electrons. The maximum absolute atomic E-state index is 5.07. The molecule has 0 radical (unpaired) electrons. The first kappa shape index (κ1) is 15.1. The summed E-state index contributed by atoms with van der Waals surface area (Å²) in [5.41, 5.74) is 2.23. The molecule has 3 nitrogen and oxygen atoms in total. The Bertz CT molecular complexity index is 649. The Hall–Kier alpha value is -1.30. The summed E-state index contributed by atoms with van der Waals surface area (Å²) < 4.78 is 8.41. The van der Waals surface area contributed by atoms with Gasteiger partial charge in [0.2, 0.25) is 0 Å². The standard InChI is InChI=1S/C15H15N2OS.BrH/c1-18-11-10-17-8-6-12(7-9-17)15-16-13-4-2-3-5-14(13)19-15;/h2-9H,10-11H2,1H3;1H/q+1;/p-1. The molecule has 0 unspecified atom stereocenters. The largest absolute Gasteiger partial charge is 1.00 e. The van der Waals surface area contributed by atoms with Crippen molar-refractivity contribution in [2.75, 3.05) is 13.7 Å². The summed E-state index contributed by atoms with van der Waals surface area (Å²) in [6, 6.07) is 12.4. The molecule has 0 aliphatic rings. The van der Waals surface area contributed by atoms with E-state index in [1.165, 1.54) is 4.70 Å². The summed E-state index contributed by atoms with van der Waals surface area (Å²) in [7, 11) is 1.72. The van der Waals surface area contributed by atoms with E-state index in [-0.39, 0.29) is 17.0 Å². The van der Waals surface area contributed by atoms with Gasteiger partial charge in [-0.1, -0.05) is 12.1 Å². The number of thiazole rings is 1. The number of benzene rings is 1. The summed E-state index contributed by atoms with van der Waals surface area (Å²) in [6.07, 6.45) is 4.14. The van der Waals surface area contributed by atoms with E-state index >= 15 is 0 Å². The van der Waals surface area contributed by atoms with Crippen molar-refractivity contribution in [2.24, 2.45) is 0 Å². The van der Waals surface area contributed by atoms with Gasteiger partial charge in [-0.2, -0.15) is 0 Å². The Morgan fingerprint density at radius 2 is 1.90 bits per heavy atom. The maximum atomic E-state index is 5.07. The van der Waals surface area contributed by atoms with Gasteiger partial charge in [0.25, 0.3) is 0 Å². The molecular formula is C15H15BrN2OS. The molecule has 0 atom stereocenters. The van der Waals surface area contributed by atoms with Crippen molar-refractivity contribution in [1.29, 1.82) is 0 Å². The van der Waals surface area contributed by atoms with Crippen molar-refractivity contribution in [3.8, 4) is 10.6 Å².